The van der Waals surface area contributed by atoms with Crippen LogP contribution >= 0.6 is 0 Å². The van der Waals surface area contributed by atoms with Gasteiger partial charge in [0.25, 0.3) is 0 Å². The number of nitrogens with zero attached hydrogens (tertiary/aromatic N) is 2. The van der Waals surface area contributed by atoms with Crippen LogP contribution in [0.2, 0.25) is 0 Å². The molecule has 2 atom stereocenters. The number of aromatic nitrogens is 2. The van der Waals surface area contributed by atoms with Crippen LogP contribution in [-0.4, -0.2) is 22.7 Å². The van der Waals surface area contributed by atoms with Crippen molar-refractivity contribution < 1.29 is 4.52 Å². The second kappa shape index (κ2) is 7.39. The van der Waals surface area contributed by atoms with Crippen LogP contribution in [0.5, 0.6) is 0 Å². The normalized spacial score (nSPS) is 26.0. The van der Waals surface area contributed by atoms with E-state index in [0.29, 0.717) is 17.9 Å². The Balaban J connectivity index is 2.09. The zero-order valence-corrected chi connectivity index (χ0v) is 14.2. The standard InChI is InChI=1S/C17H31N3O/c1-6-18-13(5)15(11(2)3)17-19-16(20-21-17)14-9-7-12(4)8-10-14/h11-15,18H,6-10H2,1-5H3. The molecule has 0 aromatic carbocycles. The molecule has 0 amide bonds. The van der Waals surface area contributed by atoms with Crippen LogP contribution in [-0.2, 0) is 0 Å². The number of nitrogens with one attached hydrogen (secondary N) is 1. The van der Waals surface area contributed by atoms with Gasteiger partial charge in [-0.25, -0.2) is 0 Å². The minimum absolute atomic E-state index is 0.286. The van der Waals surface area contributed by atoms with E-state index in [9.17, 15) is 0 Å². The maximum absolute atomic E-state index is 5.63. The van der Waals surface area contributed by atoms with E-state index in [2.05, 4.69) is 45.1 Å². The first-order chi connectivity index (χ1) is 10.0. The van der Waals surface area contributed by atoms with Gasteiger partial charge in [0.1, 0.15) is 0 Å². The molecular weight excluding hydrogens is 262 g/mol. The van der Waals surface area contributed by atoms with Crippen molar-refractivity contribution in [3.8, 4) is 0 Å². The average Bonchev–Trinajstić information content (AvgIpc) is 2.89. The van der Waals surface area contributed by atoms with Crippen LogP contribution in [0.3, 0.4) is 0 Å². The molecule has 4 nitrogen and oxygen atoms in total. The summed E-state index contributed by atoms with van der Waals surface area (Å²) in [6.45, 7) is 12.1. The van der Waals surface area contributed by atoms with E-state index >= 15 is 0 Å². The molecule has 1 aromatic heterocycles. The molecule has 1 saturated carbocycles. The van der Waals surface area contributed by atoms with Gasteiger partial charge >= 0.3 is 0 Å². The molecular formula is C17H31N3O. The van der Waals surface area contributed by atoms with Gasteiger partial charge in [-0.3, -0.25) is 0 Å². The Morgan fingerprint density at radius 2 is 1.86 bits per heavy atom. The molecule has 1 aromatic rings. The number of rotatable bonds is 6. The predicted molar refractivity (Wildman–Crippen MR) is 85.4 cm³/mol. The molecule has 1 heterocycles. The SMILES string of the molecule is CCNC(C)C(c1nc(C2CCC(C)CC2)no1)C(C)C. The summed E-state index contributed by atoms with van der Waals surface area (Å²) in [5, 5.41) is 7.79. The molecule has 1 aliphatic carbocycles. The third-order valence-corrected chi connectivity index (χ3v) is 4.91. The van der Waals surface area contributed by atoms with E-state index in [1.54, 1.807) is 0 Å². The summed E-state index contributed by atoms with van der Waals surface area (Å²) < 4.78 is 5.63. The van der Waals surface area contributed by atoms with Gasteiger partial charge in [0.05, 0.1) is 5.92 Å². The van der Waals surface area contributed by atoms with Crippen molar-refractivity contribution in [2.75, 3.05) is 6.54 Å². The molecule has 120 valence electrons. The Bertz CT molecular complexity index is 421. The van der Waals surface area contributed by atoms with Crippen LogP contribution in [0.25, 0.3) is 0 Å². The zero-order chi connectivity index (χ0) is 15.4. The number of hydrogen-bond donors (Lipinski definition) is 1. The second-order valence-corrected chi connectivity index (χ2v) is 7.06. The highest BCUT2D eigenvalue weighted by Gasteiger charge is 2.30. The molecule has 1 fully saturated rings. The Morgan fingerprint density at radius 3 is 2.43 bits per heavy atom. The molecule has 0 spiro atoms. The molecule has 0 radical (unpaired) electrons. The molecule has 1 N–H and O–H groups in total. The van der Waals surface area contributed by atoms with Crippen LogP contribution in [0.4, 0.5) is 0 Å². The summed E-state index contributed by atoms with van der Waals surface area (Å²) in [6.07, 6.45) is 4.98. The molecule has 4 heteroatoms. The van der Waals surface area contributed by atoms with Gasteiger partial charge in [0, 0.05) is 12.0 Å². The van der Waals surface area contributed by atoms with E-state index in [1.165, 1.54) is 25.7 Å². The highest BCUT2D eigenvalue weighted by molar-refractivity contribution is 5.04. The minimum atomic E-state index is 0.286. The molecule has 2 rings (SSSR count). The lowest BCUT2D eigenvalue weighted by molar-refractivity contribution is 0.277. The third-order valence-electron chi connectivity index (χ3n) is 4.91. The summed E-state index contributed by atoms with van der Waals surface area (Å²) in [4.78, 5) is 4.77. The van der Waals surface area contributed by atoms with Crippen molar-refractivity contribution in [1.29, 1.82) is 0 Å². The monoisotopic (exact) mass is 293 g/mol. The Hall–Kier alpha value is -0.900. The average molecular weight is 293 g/mol. The van der Waals surface area contributed by atoms with Gasteiger partial charge in [-0.15, -0.1) is 0 Å². The van der Waals surface area contributed by atoms with E-state index in [-0.39, 0.29) is 5.92 Å². The van der Waals surface area contributed by atoms with Gasteiger partial charge in [-0.2, -0.15) is 4.98 Å². The van der Waals surface area contributed by atoms with Crippen molar-refractivity contribution in [3.05, 3.63) is 11.7 Å². The van der Waals surface area contributed by atoms with Crippen molar-refractivity contribution in [1.82, 2.24) is 15.5 Å². The Morgan fingerprint density at radius 1 is 1.19 bits per heavy atom. The highest BCUT2D eigenvalue weighted by Crippen LogP contribution is 2.35. The molecule has 2 unspecified atom stereocenters. The fraction of sp³-hybridized carbons (Fsp3) is 0.882. The van der Waals surface area contributed by atoms with Gasteiger partial charge in [-0.1, -0.05) is 45.7 Å². The summed E-state index contributed by atoms with van der Waals surface area (Å²) in [6, 6.07) is 0.356. The highest BCUT2D eigenvalue weighted by atomic mass is 16.5. The summed E-state index contributed by atoms with van der Waals surface area (Å²) >= 11 is 0. The maximum atomic E-state index is 5.63. The molecule has 1 aliphatic rings. The first-order valence-corrected chi connectivity index (χ1v) is 8.59. The van der Waals surface area contributed by atoms with E-state index < -0.39 is 0 Å². The number of likely N-dealkylation sites (N-methyl/N-ethyl adjacent to an activating group) is 1. The van der Waals surface area contributed by atoms with Crippen molar-refractivity contribution in [2.45, 2.75) is 78.2 Å². The van der Waals surface area contributed by atoms with Crippen LogP contribution in [0, 0.1) is 11.8 Å². The van der Waals surface area contributed by atoms with Gasteiger partial charge in [-0.05, 0) is 38.1 Å². The molecule has 21 heavy (non-hydrogen) atoms. The molecule has 0 bridgehead atoms. The largest absolute Gasteiger partial charge is 0.339 e. The lowest BCUT2D eigenvalue weighted by Gasteiger charge is -2.25. The van der Waals surface area contributed by atoms with Crippen molar-refractivity contribution >= 4 is 0 Å². The summed E-state index contributed by atoms with van der Waals surface area (Å²) in [5.41, 5.74) is 0. The Labute approximate surface area is 129 Å². The maximum Gasteiger partial charge on any atom is 0.231 e. The van der Waals surface area contributed by atoms with Crippen LogP contribution in [0.1, 0.15) is 83.9 Å². The topological polar surface area (TPSA) is 51.0 Å². The van der Waals surface area contributed by atoms with Gasteiger partial charge in [0.2, 0.25) is 5.89 Å². The summed E-state index contributed by atoms with van der Waals surface area (Å²) in [5.74, 6) is 3.87. The predicted octanol–water partition coefficient (Wildman–Crippen LogP) is 4.10. The molecule has 0 saturated heterocycles. The van der Waals surface area contributed by atoms with Crippen molar-refractivity contribution in [2.24, 2.45) is 11.8 Å². The first-order valence-electron chi connectivity index (χ1n) is 8.59. The lowest BCUT2D eigenvalue weighted by atomic mass is 9.82. The van der Waals surface area contributed by atoms with Crippen LogP contribution < -0.4 is 5.32 Å². The number of hydrogen-bond acceptors (Lipinski definition) is 4. The van der Waals surface area contributed by atoms with Gasteiger partial charge in [0.15, 0.2) is 5.82 Å². The van der Waals surface area contributed by atoms with Crippen molar-refractivity contribution in [3.63, 3.8) is 0 Å². The fourth-order valence-electron chi connectivity index (χ4n) is 3.59. The summed E-state index contributed by atoms with van der Waals surface area (Å²) in [7, 11) is 0. The second-order valence-electron chi connectivity index (χ2n) is 7.06. The third kappa shape index (κ3) is 4.06. The fourth-order valence-corrected chi connectivity index (χ4v) is 3.59. The van der Waals surface area contributed by atoms with E-state index in [1.807, 2.05) is 0 Å². The smallest absolute Gasteiger partial charge is 0.231 e. The minimum Gasteiger partial charge on any atom is -0.339 e. The van der Waals surface area contributed by atoms with E-state index in [4.69, 9.17) is 9.51 Å². The lowest BCUT2D eigenvalue weighted by Crippen LogP contribution is -2.34. The van der Waals surface area contributed by atoms with Gasteiger partial charge < -0.3 is 9.84 Å². The zero-order valence-electron chi connectivity index (χ0n) is 14.2. The Kier molecular flexibility index (Phi) is 5.80. The first kappa shape index (κ1) is 16.5. The quantitative estimate of drug-likeness (QED) is 0.858. The van der Waals surface area contributed by atoms with E-state index in [0.717, 1.165) is 24.2 Å². The molecule has 0 aliphatic heterocycles. The van der Waals surface area contributed by atoms with Crippen LogP contribution in [0.15, 0.2) is 4.52 Å².